The Bertz CT molecular complexity index is 438. The number of carboxylic acids is 1. The minimum Gasteiger partial charge on any atom is -0.478 e. The Morgan fingerprint density at radius 1 is 1.71 bits per heavy atom. The summed E-state index contributed by atoms with van der Waals surface area (Å²) in [4.78, 5) is 25.6. The number of nitrogens with zero attached hydrogens (tertiary/aromatic N) is 2. The Hall–Kier alpha value is -1.18. The van der Waals surface area contributed by atoms with Gasteiger partial charge in [0.2, 0.25) is 0 Å². The zero-order valence-electron chi connectivity index (χ0n) is 7.11. The summed E-state index contributed by atoms with van der Waals surface area (Å²) in [6, 6.07) is 0. The molecule has 74 valence electrons. The molecule has 14 heavy (non-hydrogen) atoms. The van der Waals surface area contributed by atoms with E-state index < -0.39 is 5.97 Å². The van der Waals surface area contributed by atoms with Crippen molar-refractivity contribution in [1.82, 2.24) is 9.55 Å². The lowest BCUT2D eigenvalue weighted by atomic mass is 10.3. The first-order valence-corrected chi connectivity index (χ1v) is 4.71. The molecule has 0 aromatic carbocycles. The lowest BCUT2D eigenvalue weighted by Gasteiger charge is -2.03. The van der Waals surface area contributed by atoms with Crippen LogP contribution >= 0.6 is 22.6 Å². The van der Waals surface area contributed by atoms with Crippen LogP contribution in [0.4, 0.5) is 0 Å². The van der Waals surface area contributed by atoms with Crippen LogP contribution in [-0.2, 0) is 11.3 Å². The first kappa shape index (κ1) is 10.9. The number of halogens is 1. The van der Waals surface area contributed by atoms with Gasteiger partial charge in [0.05, 0.1) is 16.4 Å². The Morgan fingerprint density at radius 2 is 2.36 bits per heavy atom. The van der Waals surface area contributed by atoms with Gasteiger partial charge in [-0.25, -0.2) is 9.78 Å². The van der Waals surface area contributed by atoms with Gasteiger partial charge < -0.3 is 5.11 Å². The second-order valence-electron chi connectivity index (χ2n) is 2.58. The molecule has 1 N–H and O–H groups in total. The molecule has 1 rings (SSSR count). The third kappa shape index (κ3) is 2.41. The summed E-state index contributed by atoms with van der Waals surface area (Å²) in [6.07, 6.45) is 2.71. The highest BCUT2D eigenvalue weighted by atomic mass is 127. The molecule has 0 fully saturated rings. The molecule has 0 saturated carbocycles. The van der Waals surface area contributed by atoms with Gasteiger partial charge in [-0.1, -0.05) is 6.58 Å². The van der Waals surface area contributed by atoms with Crippen LogP contribution in [0.5, 0.6) is 0 Å². The smallest absolute Gasteiger partial charge is 0.332 e. The maximum absolute atomic E-state index is 11.4. The molecule has 0 aliphatic carbocycles. The van der Waals surface area contributed by atoms with Crippen LogP contribution in [0.2, 0.25) is 0 Å². The summed E-state index contributed by atoms with van der Waals surface area (Å²) in [7, 11) is 0. The molecule has 0 aliphatic rings. The van der Waals surface area contributed by atoms with Crippen molar-refractivity contribution in [2.75, 3.05) is 0 Å². The molecule has 6 heteroatoms. The van der Waals surface area contributed by atoms with E-state index in [-0.39, 0.29) is 17.7 Å². The first-order chi connectivity index (χ1) is 6.52. The van der Waals surface area contributed by atoms with Gasteiger partial charge in [-0.2, -0.15) is 0 Å². The van der Waals surface area contributed by atoms with E-state index in [1.165, 1.54) is 17.1 Å². The summed E-state index contributed by atoms with van der Waals surface area (Å²) in [5.41, 5.74) is -0.307. The lowest BCUT2D eigenvalue weighted by molar-refractivity contribution is -0.132. The molecule has 1 aromatic heterocycles. The van der Waals surface area contributed by atoms with E-state index in [0.29, 0.717) is 3.57 Å². The van der Waals surface area contributed by atoms with E-state index in [0.717, 1.165) is 0 Å². The molecule has 0 aliphatic heterocycles. The Balaban J connectivity index is 2.99. The van der Waals surface area contributed by atoms with E-state index >= 15 is 0 Å². The van der Waals surface area contributed by atoms with Crippen LogP contribution in [0.1, 0.15) is 0 Å². The minimum absolute atomic E-state index is 0.0436. The summed E-state index contributed by atoms with van der Waals surface area (Å²) < 4.78 is 1.65. The maximum atomic E-state index is 11.4. The summed E-state index contributed by atoms with van der Waals surface area (Å²) in [5, 5.41) is 8.57. The Kier molecular flexibility index (Phi) is 3.39. The van der Waals surface area contributed by atoms with Crippen LogP contribution in [0.15, 0.2) is 29.5 Å². The highest BCUT2D eigenvalue weighted by molar-refractivity contribution is 14.1. The van der Waals surface area contributed by atoms with Crippen molar-refractivity contribution in [2.45, 2.75) is 6.54 Å². The monoisotopic (exact) mass is 306 g/mol. The molecule has 0 amide bonds. The lowest BCUT2D eigenvalue weighted by Crippen LogP contribution is -2.24. The summed E-state index contributed by atoms with van der Waals surface area (Å²) in [5.74, 6) is -1.12. The Labute approximate surface area is 93.2 Å². The minimum atomic E-state index is -1.12. The average Bonchev–Trinajstić information content (AvgIpc) is 2.12. The molecular formula is C8H7IN2O3. The Morgan fingerprint density at radius 3 is 2.93 bits per heavy atom. The van der Waals surface area contributed by atoms with Gasteiger partial charge in [0.15, 0.2) is 0 Å². The van der Waals surface area contributed by atoms with Crippen LogP contribution in [0.25, 0.3) is 0 Å². The van der Waals surface area contributed by atoms with Crippen LogP contribution in [0, 0.1) is 3.57 Å². The van der Waals surface area contributed by atoms with Gasteiger partial charge in [-0.05, 0) is 22.6 Å². The molecule has 0 saturated heterocycles. The number of carbonyl (C=O) groups is 1. The zero-order chi connectivity index (χ0) is 10.7. The largest absolute Gasteiger partial charge is 0.478 e. The molecule has 0 atom stereocenters. The highest BCUT2D eigenvalue weighted by Crippen LogP contribution is 1.97. The van der Waals surface area contributed by atoms with Gasteiger partial charge in [-0.15, -0.1) is 0 Å². The van der Waals surface area contributed by atoms with E-state index in [4.69, 9.17) is 5.11 Å². The third-order valence-electron chi connectivity index (χ3n) is 1.52. The van der Waals surface area contributed by atoms with Gasteiger partial charge in [0, 0.05) is 11.8 Å². The number of carboxylic acid groups (broad SMARTS) is 1. The molecule has 0 spiro atoms. The van der Waals surface area contributed by atoms with Crippen molar-refractivity contribution < 1.29 is 9.90 Å². The van der Waals surface area contributed by atoms with E-state index in [1.54, 1.807) is 0 Å². The molecule has 0 unspecified atom stereocenters. The van der Waals surface area contributed by atoms with Crippen molar-refractivity contribution in [1.29, 1.82) is 0 Å². The molecule has 0 bridgehead atoms. The van der Waals surface area contributed by atoms with Gasteiger partial charge in [0.25, 0.3) is 5.56 Å². The average molecular weight is 306 g/mol. The van der Waals surface area contributed by atoms with Gasteiger partial charge in [0.1, 0.15) is 0 Å². The van der Waals surface area contributed by atoms with Crippen molar-refractivity contribution in [3.8, 4) is 0 Å². The molecule has 5 nitrogen and oxygen atoms in total. The predicted octanol–water partition coefficient (Wildman–Crippen LogP) is 0.489. The van der Waals surface area contributed by atoms with Crippen LogP contribution < -0.4 is 5.56 Å². The fourth-order valence-electron chi connectivity index (χ4n) is 0.810. The number of rotatable bonds is 3. The molecule has 1 aromatic rings. The predicted molar refractivity (Wildman–Crippen MR) is 58.0 cm³/mol. The maximum Gasteiger partial charge on any atom is 0.332 e. The zero-order valence-corrected chi connectivity index (χ0v) is 9.26. The molecular weight excluding hydrogens is 299 g/mol. The normalized spacial score (nSPS) is 9.79. The second kappa shape index (κ2) is 4.36. The number of hydrogen-bond donors (Lipinski definition) is 1. The van der Waals surface area contributed by atoms with Crippen molar-refractivity contribution in [2.24, 2.45) is 0 Å². The van der Waals surface area contributed by atoms with Crippen LogP contribution in [-0.4, -0.2) is 20.6 Å². The summed E-state index contributed by atoms with van der Waals surface area (Å²) in [6.45, 7) is 3.29. The van der Waals surface area contributed by atoms with E-state index in [2.05, 4.69) is 11.6 Å². The number of aliphatic carboxylic acids is 1. The SMILES string of the molecule is C=C(Cn1cncc(I)c1=O)C(=O)O. The molecule has 1 heterocycles. The third-order valence-corrected chi connectivity index (χ3v) is 2.26. The molecule has 0 radical (unpaired) electrons. The van der Waals surface area contributed by atoms with Crippen molar-refractivity contribution in [3.05, 3.63) is 38.6 Å². The number of hydrogen-bond acceptors (Lipinski definition) is 3. The standard InChI is InChI=1S/C8H7IN2O3/c1-5(8(13)14)3-11-4-10-2-6(9)7(11)12/h2,4H,1,3H2,(H,13,14). The highest BCUT2D eigenvalue weighted by Gasteiger charge is 2.07. The topological polar surface area (TPSA) is 72.2 Å². The van der Waals surface area contributed by atoms with Crippen molar-refractivity contribution in [3.63, 3.8) is 0 Å². The van der Waals surface area contributed by atoms with Crippen LogP contribution in [0.3, 0.4) is 0 Å². The first-order valence-electron chi connectivity index (χ1n) is 3.63. The fourth-order valence-corrected chi connectivity index (χ4v) is 1.28. The van der Waals surface area contributed by atoms with Crippen molar-refractivity contribution >= 4 is 28.6 Å². The quantitative estimate of drug-likeness (QED) is 0.651. The second-order valence-corrected chi connectivity index (χ2v) is 3.75. The summed E-state index contributed by atoms with van der Waals surface area (Å²) >= 11 is 1.84. The van der Waals surface area contributed by atoms with E-state index in [1.807, 2.05) is 22.6 Å². The number of aromatic nitrogens is 2. The van der Waals surface area contributed by atoms with Gasteiger partial charge in [-0.3, -0.25) is 9.36 Å². The van der Waals surface area contributed by atoms with Gasteiger partial charge >= 0.3 is 5.97 Å². The fraction of sp³-hybridized carbons (Fsp3) is 0.125. The van der Waals surface area contributed by atoms with E-state index in [9.17, 15) is 9.59 Å².